The number of carbonyl (C=O) groups is 2. The van der Waals surface area contributed by atoms with E-state index in [1.54, 1.807) is 17.0 Å². The number of nitrogens with zero attached hydrogens (tertiary/aromatic N) is 2. The Labute approximate surface area is 155 Å². The van der Waals surface area contributed by atoms with E-state index < -0.39 is 15.9 Å². The monoisotopic (exact) mass is 393 g/mol. The van der Waals surface area contributed by atoms with Gasteiger partial charge in [0.1, 0.15) is 6.04 Å². The number of hydrogen-bond donors (Lipinski definition) is 1. The molecule has 1 atom stereocenters. The van der Waals surface area contributed by atoms with Gasteiger partial charge in [0.15, 0.2) is 15.0 Å². The molecule has 1 saturated heterocycles. The number of carbonyl (C=O) groups excluding carboxylic acids is 2. The molecule has 0 bridgehead atoms. The van der Waals surface area contributed by atoms with Crippen LogP contribution in [0.15, 0.2) is 23.1 Å². The molecule has 2 heterocycles. The van der Waals surface area contributed by atoms with E-state index in [1.807, 2.05) is 0 Å². The summed E-state index contributed by atoms with van der Waals surface area (Å²) in [6, 6.07) is 4.27. The van der Waals surface area contributed by atoms with Gasteiger partial charge in [-0.3, -0.25) is 9.59 Å². The third kappa shape index (κ3) is 3.33. The summed E-state index contributed by atoms with van der Waals surface area (Å²) < 4.78 is 24.0. The number of hydrogen-bond acceptors (Lipinski definition) is 6. The van der Waals surface area contributed by atoms with Crippen LogP contribution in [0.25, 0.3) is 10.2 Å². The van der Waals surface area contributed by atoms with E-state index in [0.717, 1.165) is 25.5 Å². The average Bonchev–Trinajstić information content (AvgIpc) is 3.16. The van der Waals surface area contributed by atoms with Crippen molar-refractivity contribution in [2.45, 2.75) is 36.6 Å². The first kappa shape index (κ1) is 17.4. The molecule has 138 valence electrons. The molecule has 0 spiro atoms. The second kappa shape index (κ2) is 6.31. The van der Waals surface area contributed by atoms with Crippen molar-refractivity contribution in [2.24, 2.45) is 5.92 Å². The lowest BCUT2D eigenvalue weighted by Crippen LogP contribution is -2.43. The van der Waals surface area contributed by atoms with Gasteiger partial charge in [-0.2, -0.15) is 0 Å². The summed E-state index contributed by atoms with van der Waals surface area (Å²) in [6.07, 6.45) is 4.49. The maximum absolute atomic E-state index is 12.6. The van der Waals surface area contributed by atoms with Crippen LogP contribution in [0.5, 0.6) is 0 Å². The molecule has 1 unspecified atom stereocenters. The average molecular weight is 393 g/mol. The van der Waals surface area contributed by atoms with Crippen molar-refractivity contribution in [3.8, 4) is 0 Å². The standard InChI is InChI=1S/C17H19N3O4S2/c1-26(23,24)11-6-7-12-14(9-11)25-17(18-12)19-15(21)13-3-2-8-20(13)16(22)10-4-5-10/h6-7,9-10,13H,2-5,8H2,1H3,(H,18,19,21). The van der Waals surface area contributed by atoms with Gasteiger partial charge in [-0.05, 0) is 43.9 Å². The SMILES string of the molecule is CS(=O)(=O)c1ccc2nc(NC(=O)C3CCCN3C(=O)C3CC3)sc2c1. The molecular weight excluding hydrogens is 374 g/mol. The number of fused-ring (bicyclic) bond motifs is 1. The van der Waals surface area contributed by atoms with E-state index in [9.17, 15) is 18.0 Å². The largest absolute Gasteiger partial charge is 0.330 e. The maximum atomic E-state index is 12.6. The number of benzene rings is 1. The highest BCUT2D eigenvalue weighted by Gasteiger charge is 2.41. The van der Waals surface area contributed by atoms with E-state index in [-0.39, 0.29) is 22.6 Å². The molecule has 1 aliphatic heterocycles. The van der Waals surface area contributed by atoms with Gasteiger partial charge < -0.3 is 10.2 Å². The number of sulfone groups is 1. The third-order valence-corrected chi connectivity index (χ3v) is 6.83. The van der Waals surface area contributed by atoms with Gasteiger partial charge in [0.25, 0.3) is 0 Å². The molecule has 0 radical (unpaired) electrons. The first-order valence-electron chi connectivity index (χ1n) is 8.55. The van der Waals surface area contributed by atoms with Crippen LogP contribution in [0.3, 0.4) is 0 Å². The summed E-state index contributed by atoms with van der Waals surface area (Å²) in [5.74, 6) is -0.0381. The Balaban J connectivity index is 1.52. The van der Waals surface area contributed by atoms with E-state index >= 15 is 0 Å². The Kier molecular flexibility index (Phi) is 4.23. The number of nitrogens with one attached hydrogen (secondary N) is 1. The zero-order chi connectivity index (χ0) is 18.5. The lowest BCUT2D eigenvalue weighted by molar-refractivity contribution is -0.137. The lowest BCUT2D eigenvalue weighted by atomic mass is 10.2. The third-order valence-electron chi connectivity index (χ3n) is 4.78. The smallest absolute Gasteiger partial charge is 0.248 e. The minimum absolute atomic E-state index is 0.0877. The van der Waals surface area contributed by atoms with E-state index in [2.05, 4.69) is 10.3 Å². The first-order valence-corrected chi connectivity index (χ1v) is 11.3. The van der Waals surface area contributed by atoms with Crippen molar-refractivity contribution in [3.63, 3.8) is 0 Å². The second-order valence-electron chi connectivity index (χ2n) is 6.87. The van der Waals surface area contributed by atoms with Crippen molar-refractivity contribution in [1.29, 1.82) is 0 Å². The van der Waals surface area contributed by atoms with Gasteiger partial charge in [-0.15, -0.1) is 0 Å². The van der Waals surface area contributed by atoms with Crippen LogP contribution in [0.4, 0.5) is 5.13 Å². The van der Waals surface area contributed by atoms with Gasteiger partial charge in [0.2, 0.25) is 11.8 Å². The molecule has 26 heavy (non-hydrogen) atoms. The summed E-state index contributed by atoms with van der Waals surface area (Å²) in [5.41, 5.74) is 0.634. The van der Waals surface area contributed by atoms with Gasteiger partial charge in [-0.25, -0.2) is 13.4 Å². The molecule has 1 aliphatic carbocycles. The van der Waals surface area contributed by atoms with Crippen LogP contribution < -0.4 is 5.32 Å². The predicted octanol–water partition coefficient (Wildman–Crippen LogP) is 2.04. The van der Waals surface area contributed by atoms with Crippen molar-refractivity contribution in [2.75, 3.05) is 18.1 Å². The number of likely N-dealkylation sites (tertiary alicyclic amines) is 1. The second-order valence-corrected chi connectivity index (χ2v) is 9.92. The molecule has 1 saturated carbocycles. The molecule has 7 nitrogen and oxygen atoms in total. The Morgan fingerprint density at radius 2 is 2.04 bits per heavy atom. The quantitative estimate of drug-likeness (QED) is 0.857. The van der Waals surface area contributed by atoms with Crippen LogP contribution in [0.1, 0.15) is 25.7 Å². The highest BCUT2D eigenvalue weighted by atomic mass is 32.2. The van der Waals surface area contributed by atoms with Crippen molar-refractivity contribution >= 4 is 48.3 Å². The molecule has 2 aromatic rings. The predicted molar refractivity (Wildman–Crippen MR) is 98.8 cm³/mol. The molecule has 1 aromatic heterocycles. The fourth-order valence-electron chi connectivity index (χ4n) is 3.25. The molecule has 2 amide bonds. The van der Waals surface area contributed by atoms with Gasteiger partial charge in [-0.1, -0.05) is 11.3 Å². The number of amides is 2. The van der Waals surface area contributed by atoms with Crippen molar-refractivity contribution in [3.05, 3.63) is 18.2 Å². The summed E-state index contributed by atoms with van der Waals surface area (Å²) in [5, 5.41) is 3.22. The van der Waals surface area contributed by atoms with E-state index in [0.29, 0.717) is 28.3 Å². The Hall–Kier alpha value is -2.00. The molecule has 2 fully saturated rings. The minimum Gasteiger partial charge on any atom is -0.330 e. The zero-order valence-electron chi connectivity index (χ0n) is 14.3. The Morgan fingerprint density at radius 1 is 1.27 bits per heavy atom. The number of thiazole rings is 1. The molecule has 1 aromatic carbocycles. The number of aromatic nitrogens is 1. The van der Waals surface area contributed by atoms with Crippen molar-refractivity contribution < 1.29 is 18.0 Å². The molecule has 1 N–H and O–H groups in total. The van der Waals surface area contributed by atoms with Crippen LogP contribution in [0.2, 0.25) is 0 Å². The van der Waals surface area contributed by atoms with Crippen LogP contribution >= 0.6 is 11.3 Å². The first-order chi connectivity index (χ1) is 12.3. The Morgan fingerprint density at radius 3 is 2.73 bits per heavy atom. The fraction of sp³-hybridized carbons (Fsp3) is 0.471. The Bertz CT molecular complexity index is 995. The van der Waals surface area contributed by atoms with Gasteiger partial charge >= 0.3 is 0 Å². The topological polar surface area (TPSA) is 96.4 Å². The molecule has 9 heteroatoms. The number of anilines is 1. The fourth-order valence-corrected chi connectivity index (χ4v) is 4.88. The highest BCUT2D eigenvalue weighted by molar-refractivity contribution is 7.90. The maximum Gasteiger partial charge on any atom is 0.248 e. The van der Waals surface area contributed by atoms with Gasteiger partial charge in [0, 0.05) is 18.7 Å². The van der Waals surface area contributed by atoms with Crippen LogP contribution in [-0.4, -0.2) is 49.0 Å². The zero-order valence-corrected chi connectivity index (χ0v) is 15.9. The summed E-state index contributed by atoms with van der Waals surface area (Å²) in [4.78, 5) is 31.2. The molecule has 4 rings (SSSR count). The number of rotatable bonds is 4. The summed E-state index contributed by atoms with van der Waals surface area (Å²) >= 11 is 1.23. The van der Waals surface area contributed by atoms with E-state index in [1.165, 1.54) is 17.4 Å². The van der Waals surface area contributed by atoms with Crippen LogP contribution in [-0.2, 0) is 19.4 Å². The van der Waals surface area contributed by atoms with Crippen LogP contribution in [0, 0.1) is 5.92 Å². The van der Waals surface area contributed by atoms with E-state index in [4.69, 9.17) is 0 Å². The lowest BCUT2D eigenvalue weighted by Gasteiger charge is -2.23. The molecular formula is C17H19N3O4S2. The van der Waals surface area contributed by atoms with Gasteiger partial charge in [0.05, 0.1) is 15.1 Å². The van der Waals surface area contributed by atoms with Crippen molar-refractivity contribution in [1.82, 2.24) is 9.88 Å². The minimum atomic E-state index is -3.29. The highest BCUT2D eigenvalue weighted by Crippen LogP contribution is 2.34. The normalized spacial score (nSPS) is 20.5. The summed E-state index contributed by atoms with van der Waals surface area (Å²) in [7, 11) is -3.29. The molecule has 2 aliphatic rings. The summed E-state index contributed by atoms with van der Waals surface area (Å²) in [6.45, 7) is 0.630.